The average molecular weight is 1880 g/mol. The number of aromatic nitrogens is 16. The van der Waals surface area contributed by atoms with Crippen molar-refractivity contribution in [3.63, 3.8) is 0 Å². The predicted molar refractivity (Wildman–Crippen MR) is 492 cm³/mol. The van der Waals surface area contributed by atoms with E-state index in [2.05, 4.69) is 136 Å². The molecule has 8 amide bonds. The van der Waals surface area contributed by atoms with E-state index in [1.807, 2.05) is 57.6 Å². The van der Waals surface area contributed by atoms with Gasteiger partial charge in [0.1, 0.15) is 29.1 Å². The molecule has 4 N–H and O–H groups in total. The molecule has 4 aromatic carbocycles. The van der Waals surface area contributed by atoms with Crippen LogP contribution in [-0.4, -0.2) is 200 Å². The predicted octanol–water partition coefficient (Wildman–Crippen LogP) is 19.1. The van der Waals surface area contributed by atoms with Crippen LogP contribution >= 0.6 is 34.8 Å². The van der Waals surface area contributed by atoms with Gasteiger partial charge >= 0.3 is 36.5 Å². The van der Waals surface area contributed by atoms with Crippen molar-refractivity contribution in [3.8, 4) is 22.7 Å². The molecule has 0 bridgehead atoms. The van der Waals surface area contributed by atoms with Crippen molar-refractivity contribution < 1.29 is 49.9 Å². The number of carbonyl (C=O) groups excluding carboxylic acids is 4. The number of anilines is 8. The molecule has 132 heavy (non-hydrogen) atoms. The number of nitrogens with zero attached hydrogens (tertiary/aromatic N) is 24. The first kappa shape index (κ1) is 96.3. The van der Waals surface area contributed by atoms with Gasteiger partial charge in [-0.2, -0.15) is 46.3 Å². The first-order chi connectivity index (χ1) is 62.5. The zero-order chi connectivity index (χ0) is 95.2. The molecular formula is C90H102Cl3F7N28O4. The summed E-state index contributed by atoms with van der Waals surface area (Å²) in [7, 11) is 7.14. The van der Waals surface area contributed by atoms with Crippen LogP contribution in [0.5, 0.6) is 0 Å². The number of hydrogen-bond donors (Lipinski definition) is 4. The summed E-state index contributed by atoms with van der Waals surface area (Å²) in [5.41, 5.74) is 3.67. The first-order valence-corrected chi connectivity index (χ1v) is 43.7. The van der Waals surface area contributed by atoms with Gasteiger partial charge < -0.3 is 59.1 Å². The van der Waals surface area contributed by atoms with Crippen molar-refractivity contribution in [1.29, 1.82) is 0 Å². The van der Waals surface area contributed by atoms with Crippen molar-refractivity contribution in [2.45, 2.75) is 144 Å². The highest BCUT2D eigenvalue weighted by atomic mass is 35.5. The van der Waals surface area contributed by atoms with Gasteiger partial charge in [-0.1, -0.05) is 96.3 Å². The van der Waals surface area contributed by atoms with E-state index in [0.717, 1.165) is 41.3 Å². The number of imidazole rings is 4. The lowest BCUT2D eigenvalue weighted by Gasteiger charge is -2.25. The average Bonchev–Trinajstić information content (AvgIpc) is 1.66. The van der Waals surface area contributed by atoms with Crippen LogP contribution in [0.2, 0.25) is 15.1 Å². The Kier molecular flexibility index (Phi) is 29.6. The SMILES string of the molecule is CC(C)[C@H]1CN(C)C(=O)N1c1ccnc(N[C@@H](C)c2cn(-c3cc(Cl)cc(Cl)c3)cn2)n1.CC(C)[C@H]1CN(C)C(=O)N1c1ccnc(N[C@@H](C)c2cn(-c3cc(F)cc(Cl)c3)cn2)n1.CC(C)[C@H]1CN(C)C(=O)N1c1ccnc(N[C@@H](C)c2cn(-c3ccc(C(F)(F)F)cc3)cn2)n1.CC(C)[C@H]1CN(C)C(=O)N1c1ccnc(N[C@@H](C)c2cn(-c3cccc(C(F)(F)F)c3)cn2)n1. The fourth-order valence-electron chi connectivity index (χ4n) is 15.3. The maximum atomic E-state index is 13.7. The molecule has 0 unspecified atom stereocenters. The van der Waals surface area contributed by atoms with Crippen LogP contribution < -0.4 is 40.9 Å². The molecule has 0 saturated carbocycles. The van der Waals surface area contributed by atoms with Crippen LogP contribution in [0, 0.1) is 29.5 Å². The van der Waals surface area contributed by atoms with E-state index in [1.54, 1.807) is 174 Å². The van der Waals surface area contributed by atoms with Crippen molar-refractivity contribution in [2.24, 2.45) is 23.7 Å². The number of nitrogens with one attached hydrogen (secondary N) is 4. The molecule has 8 atom stereocenters. The Labute approximate surface area is 773 Å². The van der Waals surface area contributed by atoms with Crippen molar-refractivity contribution in [2.75, 3.05) is 95.2 Å². The fourth-order valence-corrected chi connectivity index (χ4v) is 16.0. The molecule has 0 aliphatic carbocycles. The number of alkyl halides is 6. The van der Waals surface area contributed by atoms with Gasteiger partial charge in [-0.25, -0.2) is 63.4 Å². The van der Waals surface area contributed by atoms with Crippen LogP contribution in [0.15, 0.2) is 184 Å². The first-order valence-electron chi connectivity index (χ1n) is 42.5. The second kappa shape index (κ2) is 40.6. The minimum atomic E-state index is -4.42. The molecule has 16 rings (SSSR count). The molecule has 4 saturated heterocycles. The van der Waals surface area contributed by atoms with Crippen molar-refractivity contribution in [1.82, 2.24) is 97.7 Å². The van der Waals surface area contributed by atoms with Gasteiger partial charge in [0.2, 0.25) is 23.8 Å². The molecule has 0 spiro atoms. The third-order valence-electron chi connectivity index (χ3n) is 22.8. The summed E-state index contributed by atoms with van der Waals surface area (Å²) in [6, 6.07) is 25.2. The lowest BCUT2D eigenvalue weighted by molar-refractivity contribution is -0.138. The lowest BCUT2D eigenvalue weighted by atomic mass is 10.0. The Morgan fingerprint density at radius 3 is 0.902 bits per heavy atom. The zero-order valence-corrected chi connectivity index (χ0v) is 77.5. The number of rotatable bonds is 24. The molecule has 4 aliphatic heterocycles. The summed E-state index contributed by atoms with van der Waals surface area (Å²) in [6.07, 6.45) is 11.1. The standard InChI is InChI=1S/2C23H26F3N7O.C22H25Cl2N7O.C22H25ClFN7O/c1-14(2)19-12-31(4)22(34)33(19)20-9-10-27-21(30-20)29-15(3)18-11-32(13-28-18)17-7-5-16(6-8-17)23(24,25)26;1-14(2)19-12-31(4)22(34)33(19)20-8-9-27-21(30-20)29-15(3)18-11-32(13-28-18)17-7-5-6-16(10-17)23(24,25)26;2*1-13(2)19-11-29(4)22(32)31(19)20-5-6-25-21(28-20)27-14(3)18-10-30(12-26-18)17-8-15(23)7-16(24)9-17/h2*5-11,13-15,19H,12H2,1-4H3,(H,27,29,30);2*5-10,12-14,19H,11H2,1-4H3,(H,25,27,28)/t2*15-,19+;2*14-,19+/m0000/s1. The summed E-state index contributed by atoms with van der Waals surface area (Å²) >= 11 is 18.2. The second-order valence-electron chi connectivity index (χ2n) is 34.0. The summed E-state index contributed by atoms with van der Waals surface area (Å²) in [5.74, 6) is 4.34. The van der Waals surface area contributed by atoms with E-state index in [-0.39, 0.29) is 90.2 Å². The van der Waals surface area contributed by atoms with Gasteiger partial charge in [-0.3, -0.25) is 19.6 Å². The molecule has 696 valence electrons. The van der Waals surface area contributed by atoms with Gasteiger partial charge in [0.15, 0.2) is 0 Å². The van der Waals surface area contributed by atoms with Gasteiger partial charge in [-0.15, -0.1) is 0 Å². The largest absolute Gasteiger partial charge is 0.416 e. The van der Waals surface area contributed by atoms with E-state index < -0.39 is 29.3 Å². The lowest BCUT2D eigenvalue weighted by Crippen LogP contribution is -2.38. The zero-order valence-electron chi connectivity index (χ0n) is 75.2. The molecule has 0 radical (unpaired) electrons. The maximum Gasteiger partial charge on any atom is 0.416 e. The highest BCUT2D eigenvalue weighted by molar-refractivity contribution is 6.35. The van der Waals surface area contributed by atoms with Crippen LogP contribution in [0.25, 0.3) is 22.7 Å². The van der Waals surface area contributed by atoms with Crippen molar-refractivity contribution >= 4 is 106 Å². The molecule has 42 heteroatoms. The van der Waals surface area contributed by atoms with Crippen molar-refractivity contribution in [3.05, 3.63) is 239 Å². The summed E-state index contributed by atoms with van der Waals surface area (Å²) in [5, 5.41) is 14.3. The molecule has 4 fully saturated rings. The van der Waals surface area contributed by atoms with E-state index >= 15 is 0 Å². The Hall–Kier alpha value is -13.3. The van der Waals surface area contributed by atoms with E-state index in [9.17, 15) is 49.9 Å². The molecule has 32 nitrogen and oxygen atoms in total. The van der Waals surface area contributed by atoms with Crippen LogP contribution in [0.3, 0.4) is 0 Å². The molecule has 12 heterocycles. The quantitative estimate of drug-likeness (QED) is 0.0408. The minimum absolute atomic E-state index is 0.000772. The summed E-state index contributed by atoms with van der Waals surface area (Å²) < 4.78 is 98.0. The van der Waals surface area contributed by atoms with E-state index in [1.165, 1.54) is 41.2 Å². The normalized spacial score (nSPS) is 17.4. The highest BCUT2D eigenvalue weighted by Crippen LogP contribution is 2.37. The number of urea groups is 4. The Balaban J connectivity index is 0.000000150. The minimum Gasteiger partial charge on any atom is -0.346 e. The molecule has 12 aromatic rings. The Morgan fingerprint density at radius 1 is 0.333 bits per heavy atom. The van der Waals surface area contributed by atoms with Gasteiger partial charge in [0, 0.05) is 136 Å². The van der Waals surface area contributed by atoms with E-state index in [4.69, 9.17) is 34.8 Å². The topological polar surface area (TPSA) is 317 Å². The van der Waals surface area contributed by atoms with Gasteiger partial charge in [-0.05, 0) is 154 Å². The maximum absolute atomic E-state index is 13.7. The third kappa shape index (κ3) is 22.6. The number of benzene rings is 4. The summed E-state index contributed by atoms with van der Waals surface area (Å²) in [4.78, 5) is 117. The fraction of sp³-hybridized carbons (Fsp3) is 0.378. The highest BCUT2D eigenvalue weighted by Gasteiger charge is 2.44. The van der Waals surface area contributed by atoms with Gasteiger partial charge in [0.05, 0.1) is 113 Å². The Bertz CT molecular complexity index is 5840. The summed E-state index contributed by atoms with van der Waals surface area (Å²) in [6.45, 7) is 26.8. The number of amides is 8. The van der Waals surface area contributed by atoms with Crippen LogP contribution in [-0.2, 0) is 12.4 Å². The molecule has 8 aromatic heterocycles. The monoisotopic (exact) mass is 1880 g/mol. The van der Waals surface area contributed by atoms with E-state index in [0.29, 0.717) is 123 Å². The molecule has 4 aliphatic rings. The second-order valence-corrected chi connectivity index (χ2v) is 35.3. The number of carbonyl (C=O) groups is 4. The van der Waals surface area contributed by atoms with Crippen LogP contribution in [0.1, 0.15) is 141 Å². The number of halogens is 10. The van der Waals surface area contributed by atoms with Gasteiger partial charge in [0.25, 0.3) is 0 Å². The number of hydrogen-bond acceptors (Lipinski definition) is 20. The Morgan fingerprint density at radius 2 is 0.614 bits per heavy atom. The number of likely N-dealkylation sites (N-methyl/N-ethyl adjacent to an activating group) is 4. The van der Waals surface area contributed by atoms with Crippen LogP contribution in [0.4, 0.5) is 97.0 Å². The third-order valence-corrected chi connectivity index (χ3v) is 23.4. The molecular weight excluding hydrogens is 1780 g/mol. The smallest absolute Gasteiger partial charge is 0.346 e.